The Morgan fingerprint density at radius 3 is 2.69 bits per heavy atom. The largest absolute Gasteiger partial charge is 0.307 e. The van der Waals surface area contributed by atoms with E-state index in [4.69, 9.17) is 0 Å². The van der Waals surface area contributed by atoms with Gasteiger partial charge in [-0.1, -0.05) is 47.3 Å². The molecule has 2 heteroatoms. The van der Waals surface area contributed by atoms with E-state index in [0.717, 1.165) is 6.04 Å². The number of benzene rings is 1. The summed E-state index contributed by atoms with van der Waals surface area (Å²) in [6.07, 6.45) is 6.89. The van der Waals surface area contributed by atoms with Crippen LogP contribution in [-0.2, 0) is 0 Å². The molecule has 0 amide bonds. The Kier molecular flexibility index (Phi) is 4.42. The van der Waals surface area contributed by atoms with Gasteiger partial charge in [0.05, 0.1) is 0 Å². The minimum Gasteiger partial charge on any atom is -0.307 e. The number of hydrogen-bond donors (Lipinski definition) is 1. The summed E-state index contributed by atoms with van der Waals surface area (Å²) in [4.78, 5) is 0. The highest BCUT2D eigenvalue weighted by Gasteiger charge is 2.16. The standard InChI is InChI=1S/C14H20BrN/c1-11(12-6-5-7-13(15)10-12)16-14-8-3-2-4-9-14/h5-7,10-11,14,16H,2-4,8-9H2,1H3. The molecule has 0 saturated heterocycles. The van der Waals surface area contributed by atoms with Crippen molar-refractivity contribution in [1.29, 1.82) is 0 Å². The smallest absolute Gasteiger partial charge is 0.0294 e. The Morgan fingerprint density at radius 2 is 2.00 bits per heavy atom. The molecular formula is C14H20BrN. The second-order valence-corrected chi connectivity index (χ2v) is 5.69. The molecule has 88 valence electrons. The van der Waals surface area contributed by atoms with Gasteiger partial charge < -0.3 is 5.32 Å². The van der Waals surface area contributed by atoms with E-state index in [1.54, 1.807) is 0 Å². The first kappa shape index (κ1) is 12.1. The predicted octanol–water partition coefficient (Wildman–Crippen LogP) is 4.43. The molecule has 1 aliphatic carbocycles. The van der Waals surface area contributed by atoms with Gasteiger partial charge in [-0.15, -0.1) is 0 Å². The number of halogens is 1. The van der Waals surface area contributed by atoms with Gasteiger partial charge in [-0.2, -0.15) is 0 Å². The van der Waals surface area contributed by atoms with Crippen LogP contribution >= 0.6 is 15.9 Å². The van der Waals surface area contributed by atoms with E-state index in [2.05, 4.69) is 52.4 Å². The predicted molar refractivity (Wildman–Crippen MR) is 72.6 cm³/mol. The first-order valence-corrected chi connectivity index (χ1v) is 7.06. The van der Waals surface area contributed by atoms with E-state index < -0.39 is 0 Å². The molecule has 1 nitrogen and oxygen atoms in total. The molecule has 0 spiro atoms. The average molecular weight is 282 g/mol. The first-order chi connectivity index (χ1) is 7.75. The van der Waals surface area contributed by atoms with E-state index in [0.29, 0.717) is 6.04 Å². The van der Waals surface area contributed by atoms with Crippen molar-refractivity contribution in [3.8, 4) is 0 Å². The van der Waals surface area contributed by atoms with Crippen molar-refractivity contribution in [2.75, 3.05) is 0 Å². The normalized spacial score (nSPS) is 19.6. The molecule has 0 aliphatic heterocycles. The van der Waals surface area contributed by atoms with Crippen molar-refractivity contribution < 1.29 is 0 Å². The minimum absolute atomic E-state index is 0.459. The molecule has 1 N–H and O–H groups in total. The molecule has 0 heterocycles. The maximum Gasteiger partial charge on any atom is 0.0294 e. The highest BCUT2D eigenvalue weighted by molar-refractivity contribution is 9.10. The molecule has 0 radical (unpaired) electrons. The van der Waals surface area contributed by atoms with Gasteiger partial charge in [-0.3, -0.25) is 0 Å². The Balaban J connectivity index is 1.94. The maximum atomic E-state index is 3.74. The average Bonchev–Trinajstić information content (AvgIpc) is 2.30. The van der Waals surface area contributed by atoms with Crippen LogP contribution in [0.3, 0.4) is 0 Å². The lowest BCUT2D eigenvalue weighted by atomic mass is 9.94. The van der Waals surface area contributed by atoms with E-state index in [9.17, 15) is 0 Å². The number of rotatable bonds is 3. The van der Waals surface area contributed by atoms with Crippen molar-refractivity contribution in [3.63, 3.8) is 0 Å². The zero-order valence-corrected chi connectivity index (χ0v) is 11.5. The quantitative estimate of drug-likeness (QED) is 0.864. The van der Waals surface area contributed by atoms with Crippen LogP contribution < -0.4 is 5.32 Å². The lowest BCUT2D eigenvalue weighted by Crippen LogP contribution is -2.33. The molecule has 0 aromatic heterocycles. The Bertz CT molecular complexity index is 331. The molecule has 1 aromatic rings. The fraction of sp³-hybridized carbons (Fsp3) is 0.571. The molecule has 1 atom stereocenters. The molecule has 16 heavy (non-hydrogen) atoms. The summed E-state index contributed by atoms with van der Waals surface area (Å²) >= 11 is 3.53. The van der Waals surface area contributed by atoms with Crippen LogP contribution in [0.1, 0.15) is 50.6 Å². The summed E-state index contributed by atoms with van der Waals surface area (Å²) in [6, 6.07) is 9.78. The van der Waals surface area contributed by atoms with Gasteiger partial charge in [0.2, 0.25) is 0 Å². The zero-order valence-electron chi connectivity index (χ0n) is 9.88. The number of nitrogens with one attached hydrogen (secondary N) is 1. The summed E-state index contributed by atoms with van der Waals surface area (Å²) in [5.74, 6) is 0. The SMILES string of the molecule is CC(NC1CCCCC1)c1cccc(Br)c1. The van der Waals surface area contributed by atoms with Gasteiger partial charge >= 0.3 is 0 Å². The Hall–Kier alpha value is -0.340. The van der Waals surface area contributed by atoms with Crippen molar-refractivity contribution in [2.45, 2.75) is 51.1 Å². The molecular weight excluding hydrogens is 262 g/mol. The van der Waals surface area contributed by atoms with Gasteiger partial charge in [0.25, 0.3) is 0 Å². The van der Waals surface area contributed by atoms with Gasteiger partial charge in [0.15, 0.2) is 0 Å². The van der Waals surface area contributed by atoms with E-state index in [1.807, 2.05) is 0 Å². The van der Waals surface area contributed by atoms with Crippen molar-refractivity contribution in [3.05, 3.63) is 34.3 Å². The summed E-state index contributed by atoms with van der Waals surface area (Å²) < 4.78 is 1.17. The molecule has 1 aromatic carbocycles. The summed E-state index contributed by atoms with van der Waals surface area (Å²) in [5.41, 5.74) is 1.37. The summed E-state index contributed by atoms with van der Waals surface area (Å²) in [7, 11) is 0. The topological polar surface area (TPSA) is 12.0 Å². The van der Waals surface area contributed by atoms with E-state index in [-0.39, 0.29) is 0 Å². The third-order valence-electron chi connectivity index (χ3n) is 3.44. The van der Waals surface area contributed by atoms with Gasteiger partial charge in [0.1, 0.15) is 0 Å². The van der Waals surface area contributed by atoms with E-state index >= 15 is 0 Å². The lowest BCUT2D eigenvalue weighted by Gasteiger charge is -2.26. The van der Waals surface area contributed by atoms with Crippen LogP contribution in [0.25, 0.3) is 0 Å². The molecule has 1 saturated carbocycles. The monoisotopic (exact) mass is 281 g/mol. The van der Waals surface area contributed by atoms with Crippen LogP contribution in [0.5, 0.6) is 0 Å². The molecule has 1 aliphatic rings. The highest BCUT2D eigenvalue weighted by Crippen LogP contribution is 2.22. The highest BCUT2D eigenvalue weighted by atomic mass is 79.9. The fourth-order valence-corrected chi connectivity index (χ4v) is 2.91. The zero-order chi connectivity index (χ0) is 11.4. The fourth-order valence-electron chi connectivity index (χ4n) is 2.49. The molecule has 1 fully saturated rings. The maximum absolute atomic E-state index is 3.74. The first-order valence-electron chi connectivity index (χ1n) is 6.27. The van der Waals surface area contributed by atoms with Crippen LogP contribution in [0, 0.1) is 0 Å². The Morgan fingerprint density at radius 1 is 1.25 bits per heavy atom. The molecule has 2 rings (SSSR count). The van der Waals surface area contributed by atoms with Crippen LogP contribution in [-0.4, -0.2) is 6.04 Å². The van der Waals surface area contributed by atoms with Crippen molar-refractivity contribution in [2.24, 2.45) is 0 Å². The Labute approximate surface area is 107 Å². The lowest BCUT2D eigenvalue weighted by molar-refractivity contribution is 0.347. The van der Waals surface area contributed by atoms with Crippen LogP contribution in [0.4, 0.5) is 0 Å². The van der Waals surface area contributed by atoms with Crippen molar-refractivity contribution in [1.82, 2.24) is 5.32 Å². The third-order valence-corrected chi connectivity index (χ3v) is 3.93. The summed E-state index contributed by atoms with van der Waals surface area (Å²) in [5, 5.41) is 3.74. The minimum atomic E-state index is 0.459. The van der Waals surface area contributed by atoms with Gasteiger partial charge in [0, 0.05) is 16.6 Å². The van der Waals surface area contributed by atoms with Crippen LogP contribution in [0.2, 0.25) is 0 Å². The van der Waals surface area contributed by atoms with Gasteiger partial charge in [-0.25, -0.2) is 0 Å². The van der Waals surface area contributed by atoms with Crippen molar-refractivity contribution >= 4 is 15.9 Å². The van der Waals surface area contributed by atoms with E-state index in [1.165, 1.54) is 42.1 Å². The van der Waals surface area contributed by atoms with Gasteiger partial charge in [-0.05, 0) is 37.5 Å². The molecule has 1 unspecified atom stereocenters. The number of hydrogen-bond acceptors (Lipinski definition) is 1. The van der Waals surface area contributed by atoms with Crippen LogP contribution in [0.15, 0.2) is 28.7 Å². The third kappa shape index (κ3) is 3.33. The second-order valence-electron chi connectivity index (χ2n) is 4.78. The summed E-state index contributed by atoms with van der Waals surface area (Å²) in [6.45, 7) is 2.26. The molecule has 0 bridgehead atoms. The second kappa shape index (κ2) is 5.83.